The topological polar surface area (TPSA) is 155 Å². The van der Waals surface area contributed by atoms with E-state index in [0.717, 1.165) is 91.2 Å². The number of esters is 4. The van der Waals surface area contributed by atoms with Crippen molar-refractivity contribution in [3.8, 4) is 40.4 Å². The second-order valence-electron chi connectivity index (χ2n) is 16.8. The highest BCUT2D eigenvalue weighted by Crippen LogP contribution is 2.37. The third kappa shape index (κ3) is 18.1. The number of aromatic nitrogens is 1. The Bertz CT molecular complexity index is 2730. The molecule has 0 saturated heterocycles. The Labute approximate surface area is 421 Å². The average molecular weight is 978 g/mol. The van der Waals surface area contributed by atoms with Gasteiger partial charge in [-0.1, -0.05) is 43.5 Å². The zero-order chi connectivity index (χ0) is 50.8. The molecule has 1 heterocycles. The summed E-state index contributed by atoms with van der Waals surface area (Å²) in [5.74, 6) is 1.98. The number of hydrogen-bond donors (Lipinski definition) is 0. The van der Waals surface area contributed by atoms with E-state index in [1.54, 1.807) is 36.4 Å². The van der Waals surface area contributed by atoms with E-state index in [2.05, 4.69) is 19.7 Å². The van der Waals surface area contributed by atoms with Gasteiger partial charge in [-0.25, -0.2) is 14.6 Å². The molecule has 0 amide bonds. The van der Waals surface area contributed by atoms with Crippen LogP contribution in [0.5, 0.6) is 40.4 Å². The van der Waals surface area contributed by atoms with Gasteiger partial charge in [-0.2, -0.15) is 0 Å². The van der Waals surface area contributed by atoms with Crippen molar-refractivity contribution in [2.45, 2.75) is 83.5 Å². The molecule has 13 heteroatoms. The highest BCUT2D eigenvalue weighted by molar-refractivity contribution is 6.08. The van der Waals surface area contributed by atoms with E-state index in [1.165, 1.54) is 0 Å². The minimum atomic E-state index is -0.437. The standard InChI is InChI=1S/C59H63NO12/c1-4-7-8-11-36-65-45-22-16-43(17-23-45)20-34-57(63)70-49-30-32-51-52-33-31-50(71-58(64)35-21-44-18-24-46(25-19-44)67-38-14-15-40-69-56(62)6-3)42-54(52)60-59(53(51)41-49)72-48-28-26-47(27-29-48)66-37-12-9-10-13-39-68-55(61)5-2/h4-6,16-19,22-33,41-42H,1-3,7-15,20-21,34-40H2. The fourth-order valence-corrected chi connectivity index (χ4v) is 7.41. The molecule has 0 spiro atoms. The van der Waals surface area contributed by atoms with E-state index in [0.29, 0.717) is 91.9 Å². The zero-order valence-electron chi connectivity index (χ0n) is 40.8. The molecule has 72 heavy (non-hydrogen) atoms. The molecule has 0 fully saturated rings. The Kier molecular flexibility index (Phi) is 21.7. The number of aryl methyl sites for hydroxylation is 2. The minimum absolute atomic E-state index is 0.148. The number of nitrogens with zero attached hydrogens (tertiary/aromatic N) is 1. The van der Waals surface area contributed by atoms with Gasteiger partial charge in [0.1, 0.15) is 34.5 Å². The molecule has 6 aromatic rings. The molecule has 13 nitrogen and oxygen atoms in total. The summed E-state index contributed by atoms with van der Waals surface area (Å²) in [6.07, 6.45) is 13.3. The highest BCUT2D eigenvalue weighted by Gasteiger charge is 2.16. The summed E-state index contributed by atoms with van der Waals surface area (Å²) in [5.41, 5.74) is 2.47. The third-order valence-electron chi connectivity index (χ3n) is 11.3. The summed E-state index contributed by atoms with van der Waals surface area (Å²) >= 11 is 0. The zero-order valence-corrected chi connectivity index (χ0v) is 40.8. The van der Waals surface area contributed by atoms with Crippen LogP contribution in [0, 0.1) is 0 Å². The van der Waals surface area contributed by atoms with Crippen LogP contribution in [0.15, 0.2) is 147 Å². The van der Waals surface area contributed by atoms with Gasteiger partial charge in [0, 0.05) is 41.8 Å². The molecule has 0 aliphatic rings. The van der Waals surface area contributed by atoms with Gasteiger partial charge in [0.15, 0.2) is 0 Å². The normalized spacial score (nSPS) is 10.8. The van der Waals surface area contributed by atoms with E-state index in [9.17, 15) is 19.2 Å². The molecular weight excluding hydrogens is 915 g/mol. The number of benzene rings is 5. The summed E-state index contributed by atoms with van der Waals surface area (Å²) in [7, 11) is 0. The molecule has 0 aliphatic heterocycles. The molecule has 0 atom stereocenters. The summed E-state index contributed by atoms with van der Waals surface area (Å²) in [5, 5.41) is 2.18. The number of carbonyl (C=O) groups excluding carboxylic acids is 4. The van der Waals surface area contributed by atoms with Crippen LogP contribution in [0.3, 0.4) is 0 Å². The van der Waals surface area contributed by atoms with Gasteiger partial charge in [0.05, 0.1) is 38.6 Å². The first-order valence-electron chi connectivity index (χ1n) is 24.5. The van der Waals surface area contributed by atoms with E-state index in [1.807, 2.05) is 78.9 Å². The molecule has 6 rings (SSSR count). The van der Waals surface area contributed by atoms with E-state index in [4.69, 9.17) is 42.9 Å². The fraction of sp³-hybridized carbons (Fsp3) is 0.305. The molecule has 1 aromatic heterocycles. The van der Waals surface area contributed by atoms with E-state index in [-0.39, 0.29) is 24.7 Å². The van der Waals surface area contributed by atoms with E-state index >= 15 is 0 Å². The fourth-order valence-electron chi connectivity index (χ4n) is 7.41. The predicted octanol–water partition coefficient (Wildman–Crippen LogP) is 12.5. The minimum Gasteiger partial charge on any atom is -0.494 e. The Morgan fingerprint density at radius 1 is 0.444 bits per heavy atom. The molecular formula is C59H63NO12. The van der Waals surface area contributed by atoms with Crippen LogP contribution in [0.1, 0.15) is 81.8 Å². The van der Waals surface area contributed by atoms with Gasteiger partial charge < -0.3 is 37.9 Å². The van der Waals surface area contributed by atoms with Crippen molar-refractivity contribution >= 4 is 45.6 Å². The third-order valence-corrected chi connectivity index (χ3v) is 11.3. The second kappa shape index (κ2) is 29.3. The number of pyridine rings is 1. The van der Waals surface area contributed by atoms with Gasteiger partial charge in [0.2, 0.25) is 5.88 Å². The van der Waals surface area contributed by atoms with Crippen LogP contribution < -0.4 is 28.4 Å². The van der Waals surface area contributed by atoms with Gasteiger partial charge in [-0.3, -0.25) is 9.59 Å². The highest BCUT2D eigenvalue weighted by atomic mass is 16.5. The number of allylic oxidation sites excluding steroid dienone is 1. The van der Waals surface area contributed by atoms with Crippen molar-refractivity contribution in [1.82, 2.24) is 4.98 Å². The SMILES string of the molecule is C=CCCCCOc1ccc(CCC(=O)Oc2ccc3c(c2)c(Oc2ccc(OCCCCCCOC(=O)C=C)cc2)nc2cc(OC(=O)CCc4ccc(OCCCCOC(=O)C=C)cc4)ccc23)cc1. The quantitative estimate of drug-likeness (QED) is 0.00984. The Morgan fingerprint density at radius 3 is 1.40 bits per heavy atom. The van der Waals surface area contributed by atoms with Crippen molar-refractivity contribution in [2.24, 2.45) is 0 Å². The molecule has 5 aromatic carbocycles. The monoisotopic (exact) mass is 977 g/mol. The van der Waals surface area contributed by atoms with Crippen LogP contribution in [-0.4, -0.2) is 61.9 Å². The lowest BCUT2D eigenvalue weighted by molar-refractivity contribution is -0.138. The lowest BCUT2D eigenvalue weighted by Gasteiger charge is -2.14. The summed E-state index contributed by atoms with van der Waals surface area (Å²) < 4.78 is 45.7. The molecule has 0 unspecified atom stereocenters. The number of hydrogen-bond acceptors (Lipinski definition) is 13. The van der Waals surface area contributed by atoms with Gasteiger partial charge in [-0.05, 0) is 166 Å². The summed E-state index contributed by atoms with van der Waals surface area (Å²) in [4.78, 5) is 53.6. The van der Waals surface area contributed by atoms with Crippen LogP contribution in [-0.2, 0) is 41.5 Å². The predicted molar refractivity (Wildman–Crippen MR) is 277 cm³/mol. The molecule has 0 aliphatic carbocycles. The van der Waals surface area contributed by atoms with Gasteiger partial charge >= 0.3 is 23.9 Å². The first-order chi connectivity index (χ1) is 35.2. The number of fused-ring (bicyclic) bond motifs is 3. The van der Waals surface area contributed by atoms with Crippen molar-refractivity contribution < 1.29 is 57.1 Å². The number of carbonyl (C=O) groups is 4. The summed E-state index contributed by atoms with van der Waals surface area (Å²) in [6.45, 7) is 12.9. The number of unbranched alkanes of at least 4 members (excludes halogenated alkanes) is 6. The van der Waals surface area contributed by atoms with E-state index < -0.39 is 17.9 Å². The maximum Gasteiger partial charge on any atom is 0.330 e. The lowest BCUT2D eigenvalue weighted by atomic mass is 10.1. The van der Waals surface area contributed by atoms with Crippen molar-refractivity contribution in [3.63, 3.8) is 0 Å². The Morgan fingerprint density at radius 2 is 0.875 bits per heavy atom. The van der Waals surface area contributed by atoms with Crippen LogP contribution in [0.4, 0.5) is 0 Å². The Balaban J connectivity index is 1.08. The molecule has 0 saturated carbocycles. The molecule has 0 radical (unpaired) electrons. The average Bonchev–Trinajstić information content (AvgIpc) is 3.40. The van der Waals surface area contributed by atoms with Gasteiger partial charge in [0.25, 0.3) is 0 Å². The second-order valence-corrected chi connectivity index (χ2v) is 16.8. The van der Waals surface area contributed by atoms with Crippen LogP contribution in [0.25, 0.3) is 21.7 Å². The Hall–Kier alpha value is -7.93. The number of rotatable bonds is 32. The summed E-state index contributed by atoms with van der Waals surface area (Å²) in [6, 6.07) is 33.2. The maximum absolute atomic E-state index is 13.2. The van der Waals surface area contributed by atoms with Crippen molar-refractivity contribution in [3.05, 3.63) is 158 Å². The largest absolute Gasteiger partial charge is 0.494 e. The maximum atomic E-state index is 13.2. The first kappa shape index (κ1) is 53.4. The van der Waals surface area contributed by atoms with Crippen LogP contribution >= 0.6 is 0 Å². The molecule has 376 valence electrons. The lowest BCUT2D eigenvalue weighted by Crippen LogP contribution is -2.09. The molecule has 0 N–H and O–H groups in total. The first-order valence-corrected chi connectivity index (χ1v) is 24.5. The van der Waals surface area contributed by atoms with Gasteiger partial charge in [-0.15, -0.1) is 6.58 Å². The van der Waals surface area contributed by atoms with Crippen molar-refractivity contribution in [1.29, 1.82) is 0 Å². The van der Waals surface area contributed by atoms with Crippen molar-refractivity contribution in [2.75, 3.05) is 33.0 Å². The number of ether oxygens (including phenoxy) is 8. The van der Waals surface area contributed by atoms with Crippen LogP contribution in [0.2, 0.25) is 0 Å². The molecule has 0 bridgehead atoms. The smallest absolute Gasteiger partial charge is 0.330 e.